The molecule has 4 nitrogen and oxygen atoms in total. The molecule has 0 aliphatic heterocycles. The molecule has 0 fully saturated rings. The van der Waals surface area contributed by atoms with Crippen molar-refractivity contribution in [3.05, 3.63) is 75.6 Å². The van der Waals surface area contributed by atoms with Gasteiger partial charge in [-0.2, -0.15) is 0 Å². The largest absolute Gasteiger partial charge is 0.350 e. The van der Waals surface area contributed by atoms with Gasteiger partial charge in [0.1, 0.15) is 5.01 Å². The van der Waals surface area contributed by atoms with Crippen LogP contribution in [-0.2, 0) is 11.3 Å². The summed E-state index contributed by atoms with van der Waals surface area (Å²) in [7, 11) is 0. The molecule has 0 aliphatic carbocycles. The third-order valence-corrected chi connectivity index (χ3v) is 5.18. The fraction of sp³-hybridized carbons (Fsp3) is 0.227. The van der Waals surface area contributed by atoms with Gasteiger partial charge in [-0.1, -0.05) is 48.0 Å². The second-order valence-electron chi connectivity index (χ2n) is 6.51. The van der Waals surface area contributed by atoms with Crippen molar-refractivity contribution in [1.29, 1.82) is 0 Å². The fourth-order valence-corrected chi connectivity index (χ4v) is 3.54. The van der Waals surface area contributed by atoms with E-state index in [0.717, 1.165) is 27.4 Å². The number of hydrogen-bond donors (Lipinski definition) is 1. The van der Waals surface area contributed by atoms with Crippen molar-refractivity contribution >= 4 is 23.0 Å². The number of carbonyl (C=O) groups excluding carboxylic acids is 2. The molecule has 27 heavy (non-hydrogen) atoms. The Kier molecular flexibility index (Phi) is 6.14. The summed E-state index contributed by atoms with van der Waals surface area (Å²) < 4.78 is 0. The van der Waals surface area contributed by atoms with E-state index in [9.17, 15) is 9.59 Å². The zero-order valence-electron chi connectivity index (χ0n) is 15.5. The van der Waals surface area contributed by atoms with Gasteiger partial charge in [0.15, 0.2) is 5.78 Å². The maximum atomic E-state index is 12.4. The van der Waals surface area contributed by atoms with Crippen LogP contribution in [0, 0.1) is 13.8 Å². The highest BCUT2D eigenvalue weighted by Gasteiger charge is 2.12. The summed E-state index contributed by atoms with van der Waals surface area (Å²) in [6, 6.07) is 15.7. The first kappa shape index (κ1) is 19.0. The molecule has 0 aliphatic rings. The molecule has 0 unspecified atom stereocenters. The summed E-state index contributed by atoms with van der Waals surface area (Å²) in [5, 5.41) is 5.69. The van der Waals surface area contributed by atoms with E-state index in [1.165, 1.54) is 11.3 Å². The van der Waals surface area contributed by atoms with Crippen LogP contribution in [-0.4, -0.2) is 16.7 Å². The molecule has 2 aromatic carbocycles. The van der Waals surface area contributed by atoms with Crippen LogP contribution in [0.1, 0.15) is 39.3 Å². The van der Waals surface area contributed by atoms with Gasteiger partial charge in [0.2, 0.25) is 5.91 Å². The van der Waals surface area contributed by atoms with Gasteiger partial charge in [0, 0.05) is 29.3 Å². The number of thiazole rings is 1. The van der Waals surface area contributed by atoms with E-state index in [1.54, 1.807) is 0 Å². The average Bonchev–Trinajstić information content (AvgIpc) is 3.16. The number of rotatable bonds is 7. The number of aromatic nitrogens is 1. The van der Waals surface area contributed by atoms with Gasteiger partial charge in [-0.15, -0.1) is 11.3 Å². The Morgan fingerprint density at radius 1 is 1.04 bits per heavy atom. The van der Waals surface area contributed by atoms with Gasteiger partial charge in [-0.25, -0.2) is 4.98 Å². The van der Waals surface area contributed by atoms with E-state index in [0.29, 0.717) is 12.1 Å². The van der Waals surface area contributed by atoms with Crippen molar-refractivity contribution in [3.8, 4) is 11.3 Å². The Morgan fingerprint density at radius 3 is 2.59 bits per heavy atom. The highest BCUT2D eigenvalue weighted by atomic mass is 32.1. The van der Waals surface area contributed by atoms with E-state index in [4.69, 9.17) is 0 Å². The minimum Gasteiger partial charge on any atom is -0.350 e. The molecule has 1 N–H and O–H groups in total. The van der Waals surface area contributed by atoms with Crippen molar-refractivity contribution in [2.45, 2.75) is 33.2 Å². The number of amides is 1. The summed E-state index contributed by atoms with van der Waals surface area (Å²) in [6.45, 7) is 4.26. The van der Waals surface area contributed by atoms with E-state index in [-0.39, 0.29) is 24.5 Å². The minimum atomic E-state index is -0.134. The lowest BCUT2D eigenvalue weighted by Crippen LogP contribution is -2.23. The van der Waals surface area contributed by atoms with Crippen LogP contribution in [0.2, 0.25) is 0 Å². The van der Waals surface area contributed by atoms with Crippen LogP contribution in [0.15, 0.2) is 53.9 Å². The number of nitrogens with one attached hydrogen (secondary N) is 1. The van der Waals surface area contributed by atoms with Gasteiger partial charge in [-0.05, 0) is 25.5 Å². The lowest BCUT2D eigenvalue weighted by Gasteiger charge is -2.07. The third kappa shape index (κ3) is 5.11. The van der Waals surface area contributed by atoms with Gasteiger partial charge in [0.05, 0.1) is 12.2 Å². The number of nitrogens with zero attached hydrogens (tertiary/aromatic N) is 1. The second kappa shape index (κ2) is 8.73. The van der Waals surface area contributed by atoms with Crippen molar-refractivity contribution in [1.82, 2.24) is 10.3 Å². The highest BCUT2D eigenvalue weighted by molar-refractivity contribution is 7.09. The Hall–Kier alpha value is -2.79. The van der Waals surface area contributed by atoms with Crippen molar-refractivity contribution < 1.29 is 9.59 Å². The molecule has 0 spiro atoms. The molecule has 1 heterocycles. The van der Waals surface area contributed by atoms with Crippen molar-refractivity contribution in [2.75, 3.05) is 0 Å². The summed E-state index contributed by atoms with van der Waals surface area (Å²) >= 11 is 1.52. The van der Waals surface area contributed by atoms with E-state index >= 15 is 0 Å². The van der Waals surface area contributed by atoms with Crippen LogP contribution < -0.4 is 5.32 Å². The second-order valence-corrected chi connectivity index (χ2v) is 7.45. The van der Waals surface area contributed by atoms with Crippen LogP contribution >= 0.6 is 11.3 Å². The third-order valence-electron chi connectivity index (χ3n) is 4.33. The quantitative estimate of drug-likeness (QED) is 0.606. The Bertz CT molecular complexity index is 948. The van der Waals surface area contributed by atoms with E-state index < -0.39 is 0 Å². The predicted molar refractivity (Wildman–Crippen MR) is 109 cm³/mol. The van der Waals surface area contributed by atoms with Gasteiger partial charge < -0.3 is 5.32 Å². The minimum absolute atomic E-state index is 0.00645. The maximum Gasteiger partial charge on any atom is 0.220 e. The van der Waals surface area contributed by atoms with Gasteiger partial charge in [-0.3, -0.25) is 9.59 Å². The summed E-state index contributed by atoms with van der Waals surface area (Å²) in [6.07, 6.45) is 0.395. The molecule has 0 saturated heterocycles. The topological polar surface area (TPSA) is 59.1 Å². The molecule has 0 bridgehead atoms. The lowest BCUT2D eigenvalue weighted by molar-refractivity contribution is -0.121. The molecule has 0 saturated carbocycles. The maximum absolute atomic E-state index is 12.4. The molecule has 0 atom stereocenters. The predicted octanol–water partition coefficient (Wildman–Crippen LogP) is 4.71. The first-order valence-electron chi connectivity index (χ1n) is 8.90. The van der Waals surface area contributed by atoms with Crippen LogP contribution in [0.25, 0.3) is 11.3 Å². The first-order valence-corrected chi connectivity index (χ1v) is 9.78. The van der Waals surface area contributed by atoms with Crippen LogP contribution in [0.5, 0.6) is 0 Å². The van der Waals surface area contributed by atoms with Crippen molar-refractivity contribution in [2.24, 2.45) is 0 Å². The Labute approximate surface area is 163 Å². The van der Waals surface area contributed by atoms with Crippen LogP contribution in [0.3, 0.4) is 0 Å². The molecule has 5 heteroatoms. The standard InChI is InChI=1S/C22H22N2O2S/c1-15-8-9-16(2)18(12-15)20(25)10-11-21(26)23-13-22-24-19(14-27-22)17-6-4-3-5-7-17/h3-9,12,14H,10-11,13H2,1-2H3,(H,23,26). The lowest BCUT2D eigenvalue weighted by atomic mass is 9.99. The van der Waals surface area contributed by atoms with Gasteiger partial charge >= 0.3 is 0 Å². The van der Waals surface area contributed by atoms with E-state index in [1.807, 2.05) is 67.8 Å². The number of aryl methyl sites for hydroxylation is 2. The first-order chi connectivity index (χ1) is 13.0. The smallest absolute Gasteiger partial charge is 0.220 e. The molecule has 3 aromatic rings. The number of ketones is 1. The molecule has 0 radical (unpaired) electrons. The molecule has 138 valence electrons. The van der Waals surface area contributed by atoms with E-state index in [2.05, 4.69) is 10.3 Å². The monoisotopic (exact) mass is 378 g/mol. The summed E-state index contributed by atoms with van der Waals surface area (Å²) in [4.78, 5) is 29.0. The molecular formula is C22H22N2O2S. The fourth-order valence-electron chi connectivity index (χ4n) is 2.79. The zero-order valence-corrected chi connectivity index (χ0v) is 16.3. The molecule has 1 amide bonds. The Balaban J connectivity index is 1.49. The molecular weight excluding hydrogens is 356 g/mol. The average molecular weight is 378 g/mol. The Morgan fingerprint density at radius 2 is 1.81 bits per heavy atom. The van der Waals surface area contributed by atoms with Gasteiger partial charge in [0.25, 0.3) is 0 Å². The zero-order chi connectivity index (χ0) is 19.2. The SMILES string of the molecule is Cc1ccc(C)c(C(=O)CCC(=O)NCc2nc(-c3ccccc3)cs2)c1. The van der Waals surface area contributed by atoms with Crippen molar-refractivity contribution in [3.63, 3.8) is 0 Å². The number of hydrogen-bond acceptors (Lipinski definition) is 4. The summed E-state index contributed by atoms with van der Waals surface area (Å²) in [5.41, 5.74) is 4.67. The highest BCUT2D eigenvalue weighted by Crippen LogP contribution is 2.21. The number of carbonyl (C=O) groups is 2. The summed E-state index contributed by atoms with van der Waals surface area (Å²) in [5.74, 6) is -0.128. The normalized spacial score (nSPS) is 10.6. The molecule has 3 rings (SSSR count). The molecule has 1 aromatic heterocycles. The number of Topliss-reactive ketones (excluding diaryl/α,β-unsaturated/α-hetero) is 1. The van der Waals surface area contributed by atoms with Crippen LogP contribution in [0.4, 0.5) is 0 Å². The number of benzene rings is 2.